The van der Waals surface area contributed by atoms with E-state index < -0.39 is 17.8 Å². The van der Waals surface area contributed by atoms with Gasteiger partial charge in [0.15, 0.2) is 0 Å². The molecule has 1 N–H and O–H groups in total. The fourth-order valence-corrected chi connectivity index (χ4v) is 1.44. The monoisotopic (exact) mass is 244 g/mol. The molecule has 0 aliphatic heterocycles. The fraction of sp³-hybridized carbons (Fsp3) is 0.200. The molecule has 0 bridgehead atoms. The van der Waals surface area contributed by atoms with Crippen LogP contribution in [0.4, 0.5) is 13.2 Å². The Hall–Kier alpha value is -2.05. The van der Waals surface area contributed by atoms with Crippen LogP contribution in [0, 0.1) is 0 Å². The summed E-state index contributed by atoms with van der Waals surface area (Å²) in [7, 11) is 1.19. The summed E-state index contributed by atoms with van der Waals surface area (Å²) in [6.07, 6.45) is -3.24. The van der Waals surface area contributed by atoms with Gasteiger partial charge in [0.1, 0.15) is 11.3 Å². The van der Waals surface area contributed by atoms with Crippen molar-refractivity contribution < 1.29 is 22.7 Å². The first kappa shape index (κ1) is 11.4. The standard InChI is InChI=1S/C10H7F3N2O2/c1-17-9(16)6-4-14-8-5(6)2-3-7(15-8)10(11,12)13/h2-4H,1H3,(H,14,15). The lowest BCUT2D eigenvalue weighted by atomic mass is 10.2. The second-order valence-corrected chi connectivity index (χ2v) is 3.28. The van der Waals surface area contributed by atoms with Gasteiger partial charge in [-0.3, -0.25) is 0 Å². The number of alkyl halides is 3. The first-order valence-electron chi connectivity index (χ1n) is 4.57. The SMILES string of the molecule is COC(=O)c1c[nH]c2nc(C(F)(F)F)ccc12. The van der Waals surface area contributed by atoms with Gasteiger partial charge in [-0.25, -0.2) is 9.78 Å². The molecular formula is C10H7F3N2O2. The molecule has 4 nitrogen and oxygen atoms in total. The lowest BCUT2D eigenvalue weighted by molar-refractivity contribution is -0.141. The van der Waals surface area contributed by atoms with Crippen molar-refractivity contribution >= 4 is 17.0 Å². The van der Waals surface area contributed by atoms with E-state index in [0.717, 1.165) is 6.07 Å². The minimum absolute atomic E-state index is 0.000208. The molecule has 0 atom stereocenters. The summed E-state index contributed by atoms with van der Waals surface area (Å²) in [6, 6.07) is 2.01. The van der Waals surface area contributed by atoms with E-state index in [4.69, 9.17) is 0 Å². The minimum atomic E-state index is -4.51. The van der Waals surface area contributed by atoms with Crippen LogP contribution in [0.25, 0.3) is 11.0 Å². The number of carbonyl (C=O) groups is 1. The van der Waals surface area contributed by atoms with Crippen molar-refractivity contribution in [1.82, 2.24) is 9.97 Å². The Labute approximate surface area is 93.4 Å². The quantitative estimate of drug-likeness (QED) is 0.783. The molecule has 2 aromatic heterocycles. The second-order valence-electron chi connectivity index (χ2n) is 3.28. The maximum atomic E-state index is 12.4. The minimum Gasteiger partial charge on any atom is -0.465 e. The van der Waals surface area contributed by atoms with Crippen molar-refractivity contribution in [2.24, 2.45) is 0 Å². The van der Waals surface area contributed by atoms with E-state index in [1.54, 1.807) is 0 Å². The highest BCUT2D eigenvalue weighted by Crippen LogP contribution is 2.29. The second kappa shape index (κ2) is 3.76. The molecule has 0 unspecified atom stereocenters. The molecule has 2 aromatic rings. The van der Waals surface area contributed by atoms with Crippen LogP contribution >= 0.6 is 0 Å². The van der Waals surface area contributed by atoms with Crippen LogP contribution < -0.4 is 0 Å². The zero-order chi connectivity index (χ0) is 12.6. The number of aromatic nitrogens is 2. The molecule has 2 heterocycles. The van der Waals surface area contributed by atoms with Gasteiger partial charge < -0.3 is 9.72 Å². The number of ether oxygens (including phenoxy) is 1. The molecule has 0 fully saturated rings. The molecule has 2 rings (SSSR count). The number of H-pyrrole nitrogens is 1. The Bertz CT molecular complexity index is 574. The number of methoxy groups -OCH3 is 1. The number of rotatable bonds is 1. The van der Waals surface area contributed by atoms with E-state index in [9.17, 15) is 18.0 Å². The van der Waals surface area contributed by atoms with Crippen molar-refractivity contribution in [3.05, 3.63) is 29.6 Å². The van der Waals surface area contributed by atoms with E-state index in [1.807, 2.05) is 0 Å². The van der Waals surface area contributed by atoms with Gasteiger partial charge in [0.2, 0.25) is 0 Å². The van der Waals surface area contributed by atoms with Gasteiger partial charge in [-0.15, -0.1) is 0 Å². The third-order valence-corrected chi connectivity index (χ3v) is 2.23. The lowest BCUT2D eigenvalue weighted by Gasteiger charge is -2.04. The highest BCUT2D eigenvalue weighted by Gasteiger charge is 2.32. The first-order chi connectivity index (χ1) is 7.93. The van der Waals surface area contributed by atoms with E-state index in [0.29, 0.717) is 5.39 Å². The molecule has 0 aliphatic carbocycles. The molecule has 0 aromatic carbocycles. The van der Waals surface area contributed by atoms with Crippen LogP contribution in [-0.4, -0.2) is 23.0 Å². The van der Waals surface area contributed by atoms with Gasteiger partial charge >= 0.3 is 12.1 Å². The zero-order valence-corrected chi connectivity index (χ0v) is 8.63. The van der Waals surface area contributed by atoms with E-state index >= 15 is 0 Å². The number of aromatic amines is 1. The van der Waals surface area contributed by atoms with Crippen LogP contribution in [0.15, 0.2) is 18.3 Å². The van der Waals surface area contributed by atoms with E-state index in [1.165, 1.54) is 19.4 Å². The molecule has 0 amide bonds. The largest absolute Gasteiger partial charge is 0.465 e. The molecule has 0 saturated carbocycles. The Kier molecular flexibility index (Phi) is 2.53. The zero-order valence-electron chi connectivity index (χ0n) is 8.63. The van der Waals surface area contributed by atoms with Gasteiger partial charge in [0, 0.05) is 11.6 Å². The van der Waals surface area contributed by atoms with E-state index in [-0.39, 0.29) is 11.2 Å². The third kappa shape index (κ3) is 1.95. The topological polar surface area (TPSA) is 55.0 Å². The lowest BCUT2D eigenvalue weighted by Crippen LogP contribution is -2.07. The molecule has 0 saturated heterocycles. The number of pyridine rings is 1. The highest BCUT2D eigenvalue weighted by atomic mass is 19.4. The maximum Gasteiger partial charge on any atom is 0.433 e. The third-order valence-electron chi connectivity index (χ3n) is 2.23. The Balaban J connectivity index is 2.56. The highest BCUT2D eigenvalue weighted by molar-refractivity contribution is 6.03. The summed E-state index contributed by atoms with van der Waals surface area (Å²) in [5, 5.41) is 0.296. The number of halogens is 3. The average Bonchev–Trinajstić information content (AvgIpc) is 2.69. The van der Waals surface area contributed by atoms with Gasteiger partial charge in [0.05, 0.1) is 12.7 Å². The van der Waals surface area contributed by atoms with Crippen molar-refractivity contribution in [3.8, 4) is 0 Å². The smallest absolute Gasteiger partial charge is 0.433 e. The summed E-state index contributed by atoms with van der Waals surface area (Å²) in [6.45, 7) is 0. The first-order valence-corrected chi connectivity index (χ1v) is 4.57. The van der Waals surface area contributed by atoms with Crippen molar-refractivity contribution in [1.29, 1.82) is 0 Å². The van der Waals surface area contributed by atoms with Gasteiger partial charge in [-0.1, -0.05) is 0 Å². The molecule has 0 spiro atoms. The number of fused-ring (bicyclic) bond motifs is 1. The summed E-state index contributed by atoms with van der Waals surface area (Å²) in [5.41, 5.74) is -0.854. The Morgan fingerprint density at radius 1 is 1.41 bits per heavy atom. The van der Waals surface area contributed by atoms with Crippen LogP contribution in [0.1, 0.15) is 16.1 Å². The number of nitrogens with one attached hydrogen (secondary N) is 1. The van der Waals surface area contributed by atoms with Crippen LogP contribution in [-0.2, 0) is 10.9 Å². The molecule has 7 heteroatoms. The summed E-state index contributed by atoms with van der Waals surface area (Å²) in [4.78, 5) is 17.2. The molecule has 0 radical (unpaired) electrons. The Morgan fingerprint density at radius 3 is 2.71 bits per heavy atom. The predicted molar refractivity (Wildman–Crippen MR) is 52.4 cm³/mol. The number of nitrogens with zero attached hydrogens (tertiary/aromatic N) is 1. The number of hydrogen-bond donors (Lipinski definition) is 1. The predicted octanol–water partition coefficient (Wildman–Crippen LogP) is 2.37. The Morgan fingerprint density at radius 2 is 2.12 bits per heavy atom. The van der Waals surface area contributed by atoms with Crippen molar-refractivity contribution in [3.63, 3.8) is 0 Å². The number of carbonyl (C=O) groups excluding carboxylic acids is 1. The van der Waals surface area contributed by atoms with Crippen LogP contribution in [0.5, 0.6) is 0 Å². The fourth-order valence-electron chi connectivity index (χ4n) is 1.44. The normalized spacial score (nSPS) is 11.8. The summed E-state index contributed by atoms with van der Waals surface area (Å²) in [5.74, 6) is -0.627. The van der Waals surface area contributed by atoms with Crippen LogP contribution in [0.3, 0.4) is 0 Å². The van der Waals surface area contributed by atoms with Crippen LogP contribution in [0.2, 0.25) is 0 Å². The summed E-state index contributed by atoms with van der Waals surface area (Å²) < 4.78 is 41.6. The van der Waals surface area contributed by atoms with Gasteiger partial charge in [0.25, 0.3) is 0 Å². The number of hydrogen-bond acceptors (Lipinski definition) is 3. The van der Waals surface area contributed by atoms with Gasteiger partial charge in [-0.2, -0.15) is 13.2 Å². The van der Waals surface area contributed by atoms with E-state index in [2.05, 4.69) is 14.7 Å². The van der Waals surface area contributed by atoms with Gasteiger partial charge in [-0.05, 0) is 12.1 Å². The maximum absolute atomic E-state index is 12.4. The average molecular weight is 244 g/mol. The molecule has 17 heavy (non-hydrogen) atoms. The number of esters is 1. The summed E-state index contributed by atoms with van der Waals surface area (Å²) >= 11 is 0. The molecule has 0 aliphatic rings. The molecule has 90 valence electrons. The van der Waals surface area contributed by atoms with Crippen molar-refractivity contribution in [2.45, 2.75) is 6.18 Å². The van der Waals surface area contributed by atoms with Crippen molar-refractivity contribution in [2.75, 3.05) is 7.11 Å². The molecular weight excluding hydrogens is 237 g/mol.